The molecule has 4 nitrogen and oxygen atoms in total. The SMILES string of the molecule is COC(=O)C(=O)c1ccc(C(F)(F)F)nc1Cl. The van der Waals surface area contributed by atoms with Gasteiger partial charge in [-0.15, -0.1) is 0 Å². The van der Waals surface area contributed by atoms with Crippen LogP contribution in [-0.2, 0) is 15.7 Å². The van der Waals surface area contributed by atoms with Gasteiger partial charge in [-0.25, -0.2) is 9.78 Å². The van der Waals surface area contributed by atoms with Crippen molar-refractivity contribution in [3.8, 4) is 0 Å². The van der Waals surface area contributed by atoms with Gasteiger partial charge in [-0.2, -0.15) is 13.2 Å². The van der Waals surface area contributed by atoms with Crippen LogP contribution in [0.3, 0.4) is 0 Å². The lowest BCUT2D eigenvalue weighted by Gasteiger charge is -2.07. The summed E-state index contributed by atoms with van der Waals surface area (Å²) >= 11 is 5.39. The summed E-state index contributed by atoms with van der Waals surface area (Å²) in [6.45, 7) is 0. The summed E-state index contributed by atoms with van der Waals surface area (Å²) in [5.74, 6) is -2.38. The van der Waals surface area contributed by atoms with Crippen LogP contribution in [0.5, 0.6) is 0 Å². The summed E-state index contributed by atoms with van der Waals surface area (Å²) in [6, 6.07) is 1.33. The van der Waals surface area contributed by atoms with Gasteiger partial charge in [0, 0.05) is 0 Å². The molecule has 1 aromatic heterocycles. The quantitative estimate of drug-likeness (QED) is 0.356. The van der Waals surface area contributed by atoms with E-state index in [4.69, 9.17) is 11.6 Å². The van der Waals surface area contributed by atoms with E-state index in [-0.39, 0.29) is 0 Å². The van der Waals surface area contributed by atoms with E-state index in [1.54, 1.807) is 0 Å². The summed E-state index contributed by atoms with van der Waals surface area (Å²) in [6.07, 6.45) is -4.67. The predicted molar refractivity (Wildman–Crippen MR) is 50.6 cm³/mol. The number of rotatable bonds is 2. The third kappa shape index (κ3) is 2.94. The first-order valence-corrected chi connectivity index (χ1v) is 4.51. The van der Waals surface area contributed by atoms with Crippen molar-refractivity contribution in [2.75, 3.05) is 7.11 Å². The van der Waals surface area contributed by atoms with E-state index < -0.39 is 34.3 Å². The number of aromatic nitrogens is 1. The Morgan fingerprint density at radius 1 is 1.35 bits per heavy atom. The Morgan fingerprint density at radius 3 is 2.35 bits per heavy atom. The molecule has 0 bridgehead atoms. The lowest BCUT2D eigenvalue weighted by Crippen LogP contribution is -2.17. The number of hydrogen-bond acceptors (Lipinski definition) is 4. The third-order valence-corrected chi connectivity index (χ3v) is 2.04. The summed E-state index contributed by atoms with van der Waals surface area (Å²) in [5.41, 5.74) is -1.68. The second-order valence-electron chi connectivity index (χ2n) is 2.85. The number of pyridine rings is 1. The van der Waals surface area contributed by atoms with Crippen molar-refractivity contribution in [3.63, 3.8) is 0 Å². The van der Waals surface area contributed by atoms with E-state index in [2.05, 4.69) is 9.72 Å². The standard InChI is InChI=1S/C9H5ClF3NO3/c1-17-8(16)6(15)4-2-3-5(9(11,12)13)14-7(4)10/h2-3H,1H3. The number of ketones is 1. The van der Waals surface area contributed by atoms with E-state index in [1.165, 1.54) is 0 Å². The van der Waals surface area contributed by atoms with Crippen LogP contribution in [0.2, 0.25) is 5.15 Å². The van der Waals surface area contributed by atoms with Gasteiger partial charge in [0.2, 0.25) is 0 Å². The van der Waals surface area contributed by atoms with Crippen LogP contribution in [-0.4, -0.2) is 23.8 Å². The molecular weight excluding hydrogens is 263 g/mol. The topological polar surface area (TPSA) is 56.3 Å². The molecule has 0 saturated heterocycles. The number of hydrogen-bond donors (Lipinski definition) is 0. The van der Waals surface area contributed by atoms with Crippen LogP contribution >= 0.6 is 11.6 Å². The van der Waals surface area contributed by atoms with Crippen LogP contribution in [0, 0.1) is 0 Å². The minimum Gasteiger partial charge on any atom is -0.463 e. The summed E-state index contributed by atoms with van der Waals surface area (Å²) < 4.78 is 40.8. The highest BCUT2D eigenvalue weighted by Crippen LogP contribution is 2.29. The Kier molecular flexibility index (Phi) is 3.72. The average molecular weight is 268 g/mol. The van der Waals surface area contributed by atoms with E-state index in [0.29, 0.717) is 6.07 Å². The summed E-state index contributed by atoms with van der Waals surface area (Å²) in [4.78, 5) is 25.1. The van der Waals surface area contributed by atoms with Crippen molar-refractivity contribution in [1.82, 2.24) is 4.98 Å². The van der Waals surface area contributed by atoms with Crippen LogP contribution in [0.15, 0.2) is 12.1 Å². The number of methoxy groups -OCH3 is 1. The molecule has 0 radical (unpaired) electrons. The maximum absolute atomic E-state index is 12.2. The van der Waals surface area contributed by atoms with E-state index >= 15 is 0 Å². The lowest BCUT2D eigenvalue weighted by molar-refractivity contribution is -0.141. The fourth-order valence-electron chi connectivity index (χ4n) is 0.964. The van der Waals surface area contributed by atoms with Gasteiger partial charge >= 0.3 is 12.1 Å². The molecule has 0 atom stereocenters. The number of ether oxygens (including phenoxy) is 1. The monoisotopic (exact) mass is 267 g/mol. The maximum atomic E-state index is 12.2. The molecule has 0 amide bonds. The van der Waals surface area contributed by atoms with Crippen molar-refractivity contribution in [2.24, 2.45) is 0 Å². The molecule has 0 unspecified atom stereocenters. The zero-order valence-corrected chi connectivity index (χ0v) is 9.09. The van der Waals surface area contributed by atoms with Gasteiger partial charge < -0.3 is 4.74 Å². The molecule has 0 aliphatic rings. The Hall–Kier alpha value is -1.63. The molecular formula is C9H5ClF3NO3. The first-order chi connectivity index (χ1) is 7.77. The Bertz CT molecular complexity index is 473. The van der Waals surface area contributed by atoms with Gasteiger partial charge in [0.15, 0.2) is 0 Å². The van der Waals surface area contributed by atoms with Gasteiger partial charge in [0.05, 0.1) is 12.7 Å². The molecule has 1 heterocycles. The zero-order valence-electron chi connectivity index (χ0n) is 8.34. The van der Waals surface area contributed by atoms with Crippen molar-refractivity contribution in [2.45, 2.75) is 6.18 Å². The van der Waals surface area contributed by atoms with Gasteiger partial charge in [-0.3, -0.25) is 4.79 Å². The number of carbonyl (C=O) groups is 2. The number of nitrogens with zero attached hydrogens (tertiary/aromatic N) is 1. The second kappa shape index (κ2) is 4.70. The minimum absolute atomic E-state index is 0.438. The highest BCUT2D eigenvalue weighted by Gasteiger charge is 2.33. The predicted octanol–water partition coefficient (Wildman–Crippen LogP) is 2.11. The fraction of sp³-hybridized carbons (Fsp3) is 0.222. The largest absolute Gasteiger partial charge is 0.463 e. The molecule has 0 spiro atoms. The Morgan fingerprint density at radius 2 is 1.94 bits per heavy atom. The first-order valence-electron chi connectivity index (χ1n) is 4.13. The van der Waals surface area contributed by atoms with E-state index in [9.17, 15) is 22.8 Å². The fourth-order valence-corrected chi connectivity index (χ4v) is 1.20. The first kappa shape index (κ1) is 13.4. The third-order valence-electron chi connectivity index (χ3n) is 1.75. The molecule has 0 aliphatic carbocycles. The smallest absolute Gasteiger partial charge is 0.433 e. The van der Waals surface area contributed by atoms with Gasteiger partial charge in [-0.1, -0.05) is 11.6 Å². The van der Waals surface area contributed by atoms with Crippen molar-refractivity contribution in [1.29, 1.82) is 0 Å². The van der Waals surface area contributed by atoms with Crippen molar-refractivity contribution < 1.29 is 27.5 Å². The molecule has 0 aromatic carbocycles. The Labute approximate surface area is 98.3 Å². The molecule has 0 fully saturated rings. The molecule has 0 N–H and O–H groups in total. The normalized spacial score (nSPS) is 11.1. The van der Waals surface area contributed by atoms with Crippen LogP contribution < -0.4 is 0 Å². The summed E-state index contributed by atoms with van der Waals surface area (Å²) in [7, 11) is 0.964. The van der Waals surface area contributed by atoms with E-state index in [1.807, 2.05) is 0 Å². The van der Waals surface area contributed by atoms with Gasteiger partial charge in [0.1, 0.15) is 10.8 Å². The number of Topliss-reactive ketones (excluding diaryl/α,β-unsaturated/α-hetero) is 1. The number of halogens is 4. The van der Waals surface area contributed by atoms with Gasteiger partial charge in [0.25, 0.3) is 5.78 Å². The highest BCUT2D eigenvalue weighted by molar-refractivity contribution is 6.45. The molecule has 0 saturated carbocycles. The number of carbonyl (C=O) groups excluding carboxylic acids is 2. The molecule has 1 aromatic rings. The average Bonchev–Trinajstić information content (AvgIpc) is 2.25. The van der Waals surface area contributed by atoms with E-state index in [0.717, 1.165) is 13.2 Å². The van der Waals surface area contributed by atoms with Gasteiger partial charge in [-0.05, 0) is 12.1 Å². The molecule has 0 aliphatic heterocycles. The second-order valence-corrected chi connectivity index (χ2v) is 3.21. The van der Waals surface area contributed by atoms with Crippen LogP contribution in [0.25, 0.3) is 0 Å². The molecule has 1 rings (SSSR count). The highest BCUT2D eigenvalue weighted by atomic mass is 35.5. The van der Waals surface area contributed by atoms with Crippen molar-refractivity contribution in [3.05, 3.63) is 28.5 Å². The van der Waals surface area contributed by atoms with Crippen molar-refractivity contribution >= 4 is 23.4 Å². The molecule has 8 heteroatoms. The lowest BCUT2D eigenvalue weighted by atomic mass is 10.2. The number of alkyl halides is 3. The van der Waals surface area contributed by atoms with Crippen LogP contribution in [0.1, 0.15) is 16.1 Å². The molecule has 92 valence electrons. The number of esters is 1. The Balaban J connectivity index is 3.15. The van der Waals surface area contributed by atoms with Crippen LogP contribution in [0.4, 0.5) is 13.2 Å². The summed E-state index contributed by atoms with van der Waals surface area (Å²) in [5, 5.41) is -0.699. The zero-order chi connectivity index (χ0) is 13.2. The molecule has 17 heavy (non-hydrogen) atoms. The maximum Gasteiger partial charge on any atom is 0.433 e. The minimum atomic E-state index is -4.67.